The molecule has 1 aliphatic rings. The smallest absolute Gasteiger partial charge is 0.222 e. The number of anilines is 3. The zero-order chi connectivity index (χ0) is 18.5. The van der Waals surface area contributed by atoms with Gasteiger partial charge in [0, 0.05) is 25.5 Å². The van der Waals surface area contributed by atoms with Gasteiger partial charge < -0.3 is 15.7 Å². The van der Waals surface area contributed by atoms with E-state index in [2.05, 4.69) is 15.1 Å². The molecule has 7 nitrogen and oxygen atoms in total. The van der Waals surface area contributed by atoms with Gasteiger partial charge in [-0.05, 0) is 36.6 Å². The number of benzene rings is 1. The Bertz CT molecular complexity index is 984. The lowest BCUT2D eigenvalue weighted by atomic mass is 9.91. The molecule has 0 fully saturated rings. The molecule has 0 aliphatic carbocycles. The van der Waals surface area contributed by atoms with Gasteiger partial charge in [-0.3, -0.25) is 4.68 Å². The van der Waals surface area contributed by atoms with E-state index in [1.807, 2.05) is 42.4 Å². The monoisotopic (exact) mass is 370 g/mol. The molecule has 4 rings (SSSR count). The molecule has 1 unspecified atom stereocenters. The molecule has 134 valence electrons. The molecule has 1 atom stereocenters. The van der Waals surface area contributed by atoms with Crippen molar-refractivity contribution < 1.29 is 5.11 Å². The van der Waals surface area contributed by atoms with Crippen LogP contribution in [0.2, 0.25) is 5.02 Å². The summed E-state index contributed by atoms with van der Waals surface area (Å²) < 4.78 is 1.67. The SMILES string of the molecule is Cn1ccc(C(C)(O)c2ccc3c(c2)N(c2nc(N)ncc2Cl)CC3)n1. The van der Waals surface area contributed by atoms with Crippen molar-refractivity contribution in [2.45, 2.75) is 18.9 Å². The fourth-order valence-corrected chi connectivity index (χ4v) is 3.48. The summed E-state index contributed by atoms with van der Waals surface area (Å²) in [5.41, 5.74) is 7.99. The number of rotatable bonds is 3. The zero-order valence-corrected chi connectivity index (χ0v) is 15.3. The van der Waals surface area contributed by atoms with Crippen molar-refractivity contribution in [1.82, 2.24) is 19.7 Å². The third kappa shape index (κ3) is 2.69. The number of aryl methyl sites for hydroxylation is 1. The Morgan fingerprint density at radius 3 is 2.85 bits per heavy atom. The minimum Gasteiger partial charge on any atom is -0.379 e. The van der Waals surface area contributed by atoms with Crippen molar-refractivity contribution in [1.29, 1.82) is 0 Å². The quantitative estimate of drug-likeness (QED) is 0.735. The molecule has 0 radical (unpaired) electrons. The molecule has 1 aromatic carbocycles. The number of hydrogen-bond acceptors (Lipinski definition) is 6. The van der Waals surface area contributed by atoms with E-state index in [1.165, 1.54) is 11.8 Å². The summed E-state index contributed by atoms with van der Waals surface area (Å²) in [5.74, 6) is 0.752. The molecule has 26 heavy (non-hydrogen) atoms. The lowest BCUT2D eigenvalue weighted by Gasteiger charge is -2.25. The number of nitrogens with zero attached hydrogens (tertiary/aromatic N) is 5. The molecular weight excluding hydrogens is 352 g/mol. The normalized spacial score (nSPS) is 15.8. The predicted molar refractivity (Wildman–Crippen MR) is 100 cm³/mol. The van der Waals surface area contributed by atoms with Gasteiger partial charge in [-0.25, -0.2) is 4.98 Å². The maximum absolute atomic E-state index is 11.1. The summed E-state index contributed by atoms with van der Waals surface area (Å²) in [6.45, 7) is 2.48. The number of aliphatic hydroxyl groups is 1. The van der Waals surface area contributed by atoms with Crippen LogP contribution in [-0.2, 0) is 19.1 Å². The highest BCUT2D eigenvalue weighted by molar-refractivity contribution is 6.33. The Labute approximate surface area is 156 Å². The summed E-state index contributed by atoms with van der Waals surface area (Å²) in [4.78, 5) is 10.2. The van der Waals surface area contributed by atoms with Gasteiger partial charge in [-0.1, -0.05) is 23.7 Å². The highest BCUT2D eigenvalue weighted by Crippen LogP contribution is 2.40. The second-order valence-corrected chi connectivity index (χ2v) is 7.00. The molecular formula is C18H19ClN6O. The van der Waals surface area contributed by atoms with Crippen LogP contribution in [0.5, 0.6) is 0 Å². The van der Waals surface area contributed by atoms with E-state index in [-0.39, 0.29) is 5.95 Å². The molecule has 8 heteroatoms. The molecule has 3 heterocycles. The van der Waals surface area contributed by atoms with Crippen LogP contribution in [-0.4, -0.2) is 31.4 Å². The zero-order valence-electron chi connectivity index (χ0n) is 14.5. The van der Waals surface area contributed by atoms with E-state index in [0.717, 1.165) is 24.2 Å². The number of halogens is 1. The molecule has 3 aromatic rings. The minimum absolute atomic E-state index is 0.175. The van der Waals surface area contributed by atoms with Crippen LogP contribution in [0.4, 0.5) is 17.5 Å². The van der Waals surface area contributed by atoms with Gasteiger partial charge in [0.25, 0.3) is 0 Å². The Hall–Kier alpha value is -2.64. The highest BCUT2D eigenvalue weighted by Gasteiger charge is 2.31. The van der Waals surface area contributed by atoms with E-state index in [0.29, 0.717) is 16.5 Å². The molecule has 1 aliphatic heterocycles. The number of aromatic nitrogens is 4. The third-order valence-corrected chi connectivity index (χ3v) is 5.02. The van der Waals surface area contributed by atoms with Crippen LogP contribution >= 0.6 is 11.6 Å². The van der Waals surface area contributed by atoms with Gasteiger partial charge in [0.05, 0.1) is 11.9 Å². The van der Waals surface area contributed by atoms with Crippen LogP contribution < -0.4 is 10.6 Å². The molecule has 0 saturated heterocycles. The van der Waals surface area contributed by atoms with Crippen molar-refractivity contribution in [3.63, 3.8) is 0 Å². The standard InChI is InChI=1S/C18H19ClN6O/c1-18(26,15-6-7-24(2)23-15)12-4-3-11-5-8-25(14(11)9-12)16-13(19)10-21-17(20)22-16/h3-4,6-7,9-10,26H,5,8H2,1-2H3,(H2,20,21,22). The number of fused-ring (bicyclic) bond motifs is 1. The maximum Gasteiger partial charge on any atom is 0.222 e. The Kier molecular flexibility index (Phi) is 3.86. The van der Waals surface area contributed by atoms with Crippen LogP contribution in [0.3, 0.4) is 0 Å². The molecule has 0 spiro atoms. The van der Waals surface area contributed by atoms with E-state index in [1.54, 1.807) is 11.6 Å². The van der Waals surface area contributed by atoms with Crippen molar-refractivity contribution in [3.8, 4) is 0 Å². The average Bonchev–Trinajstić information content (AvgIpc) is 3.23. The Morgan fingerprint density at radius 2 is 2.12 bits per heavy atom. The highest BCUT2D eigenvalue weighted by atomic mass is 35.5. The van der Waals surface area contributed by atoms with Gasteiger partial charge in [0.15, 0.2) is 5.82 Å². The van der Waals surface area contributed by atoms with Gasteiger partial charge in [0.1, 0.15) is 10.6 Å². The fraction of sp³-hybridized carbons (Fsp3) is 0.278. The first-order chi connectivity index (χ1) is 12.4. The van der Waals surface area contributed by atoms with Crippen LogP contribution in [0.1, 0.15) is 23.7 Å². The van der Waals surface area contributed by atoms with Crippen LogP contribution in [0.15, 0.2) is 36.7 Å². The summed E-state index contributed by atoms with van der Waals surface area (Å²) in [6.07, 6.45) is 4.18. The number of hydrogen-bond donors (Lipinski definition) is 2. The molecule has 2 aromatic heterocycles. The van der Waals surface area contributed by atoms with Gasteiger partial charge in [0.2, 0.25) is 5.95 Å². The average molecular weight is 371 g/mol. The molecule has 0 bridgehead atoms. The summed E-state index contributed by atoms with van der Waals surface area (Å²) in [7, 11) is 1.82. The van der Waals surface area contributed by atoms with Crippen molar-refractivity contribution in [2.24, 2.45) is 7.05 Å². The Morgan fingerprint density at radius 1 is 1.31 bits per heavy atom. The topological polar surface area (TPSA) is 93.1 Å². The minimum atomic E-state index is -1.21. The molecule has 0 saturated carbocycles. The lowest BCUT2D eigenvalue weighted by Crippen LogP contribution is -2.24. The molecule has 3 N–H and O–H groups in total. The maximum atomic E-state index is 11.1. The third-order valence-electron chi connectivity index (χ3n) is 4.76. The van der Waals surface area contributed by atoms with Crippen LogP contribution in [0.25, 0.3) is 0 Å². The van der Waals surface area contributed by atoms with Crippen molar-refractivity contribution in [3.05, 3.63) is 58.5 Å². The number of nitrogen functional groups attached to an aromatic ring is 1. The second kappa shape index (κ2) is 5.96. The van der Waals surface area contributed by atoms with Crippen molar-refractivity contribution >= 4 is 29.1 Å². The first kappa shape index (κ1) is 16.8. The van der Waals surface area contributed by atoms with Gasteiger partial charge in [-0.15, -0.1) is 0 Å². The predicted octanol–water partition coefficient (Wildman–Crippen LogP) is 2.40. The summed E-state index contributed by atoms with van der Waals surface area (Å²) >= 11 is 6.29. The summed E-state index contributed by atoms with van der Waals surface area (Å²) in [5, 5.41) is 15.9. The van der Waals surface area contributed by atoms with Gasteiger partial charge >= 0.3 is 0 Å². The first-order valence-electron chi connectivity index (χ1n) is 8.28. The second-order valence-electron chi connectivity index (χ2n) is 6.59. The van der Waals surface area contributed by atoms with E-state index in [9.17, 15) is 5.11 Å². The van der Waals surface area contributed by atoms with Gasteiger partial charge in [-0.2, -0.15) is 10.1 Å². The Balaban J connectivity index is 1.78. The van der Waals surface area contributed by atoms with Crippen molar-refractivity contribution in [2.75, 3.05) is 17.2 Å². The van der Waals surface area contributed by atoms with Crippen LogP contribution in [0, 0.1) is 0 Å². The van der Waals surface area contributed by atoms with E-state index in [4.69, 9.17) is 17.3 Å². The fourth-order valence-electron chi connectivity index (χ4n) is 3.29. The largest absolute Gasteiger partial charge is 0.379 e. The number of nitrogens with two attached hydrogens (primary N) is 1. The first-order valence-corrected chi connectivity index (χ1v) is 8.65. The van der Waals surface area contributed by atoms with E-state index >= 15 is 0 Å². The van der Waals surface area contributed by atoms with E-state index < -0.39 is 5.60 Å². The molecule has 0 amide bonds. The summed E-state index contributed by atoms with van der Waals surface area (Å²) in [6, 6.07) is 7.74. The lowest BCUT2D eigenvalue weighted by molar-refractivity contribution is 0.0967.